The van der Waals surface area contributed by atoms with Crippen molar-refractivity contribution in [3.05, 3.63) is 29.6 Å². The number of pyridine rings is 1. The number of primary amides is 1. The van der Waals surface area contributed by atoms with E-state index >= 15 is 0 Å². The number of carboxylic acid groups (broad SMARTS) is 1. The largest absolute Gasteiger partial charge is 0.480 e. The van der Waals surface area contributed by atoms with Gasteiger partial charge in [0.25, 0.3) is 5.91 Å². The Labute approximate surface area is 110 Å². The predicted molar refractivity (Wildman–Crippen MR) is 66.6 cm³/mol. The summed E-state index contributed by atoms with van der Waals surface area (Å²) in [5.74, 6) is -2.21. The average Bonchev–Trinajstić information content (AvgIpc) is 2.37. The Morgan fingerprint density at radius 2 is 2.05 bits per heavy atom. The van der Waals surface area contributed by atoms with Crippen molar-refractivity contribution in [3.8, 4) is 0 Å². The van der Waals surface area contributed by atoms with Crippen molar-refractivity contribution < 1.29 is 19.5 Å². The van der Waals surface area contributed by atoms with Gasteiger partial charge in [-0.2, -0.15) is 0 Å². The SMILES string of the molecule is CCCN(CC(=O)O)C(=O)c1ccc(C(N)=O)cn1. The molecule has 0 aliphatic heterocycles. The number of hydrogen-bond donors (Lipinski definition) is 2. The first-order chi connectivity index (χ1) is 8.95. The number of aromatic nitrogens is 1. The van der Waals surface area contributed by atoms with E-state index in [1.54, 1.807) is 0 Å². The molecule has 0 bridgehead atoms. The van der Waals surface area contributed by atoms with E-state index in [9.17, 15) is 14.4 Å². The number of nitrogens with two attached hydrogens (primary N) is 1. The molecule has 2 amide bonds. The van der Waals surface area contributed by atoms with Crippen molar-refractivity contribution in [1.29, 1.82) is 0 Å². The third kappa shape index (κ3) is 4.06. The molecule has 7 heteroatoms. The van der Waals surface area contributed by atoms with Crippen LogP contribution in [0.4, 0.5) is 0 Å². The molecular weight excluding hydrogens is 250 g/mol. The van der Waals surface area contributed by atoms with Gasteiger partial charge in [-0.3, -0.25) is 19.4 Å². The topological polar surface area (TPSA) is 114 Å². The maximum atomic E-state index is 12.0. The maximum Gasteiger partial charge on any atom is 0.323 e. The van der Waals surface area contributed by atoms with Crippen molar-refractivity contribution in [2.45, 2.75) is 13.3 Å². The number of nitrogens with zero attached hydrogens (tertiary/aromatic N) is 2. The minimum absolute atomic E-state index is 0.0831. The lowest BCUT2D eigenvalue weighted by Gasteiger charge is -2.19. The lowest BCUT2D eigenvalue weighted by atomic mass is 10.2. The molecule has 0 atom stereocenters. The van der Waals surface area contributed by atoms with Gasteiger partial charge in [-0.15, -0.1) is 0 Å². The Bertz CT molecular complexity index is 484. The van der Waals surface area contributed by atoms with E-state index in [4.69, 9.17) is 10.8 Å². The molecule has 1 aromatic rings. The molecule has 1 heterocycles. The summed E-state index contributed by atoms with van der Waals surface area (Å²) in [5.41, 5.74) is 5.34. The van der Waals surface area contributed by atoms with Crippen LogP contribution in [0.1, 0.15) is 34.2 Å². The first-order valence-corrected chi connectivity index (χ1v) is 5.72. The minimum Gasteiger partial charge on any atom is -0.480 e. The van der Waals surface area contributed by atoms with E-state index in [-0.39, 0.29) is 17.8 Å². The number of amides is 2. The summed E-state index contributed by atoms with van der Waals surface area (Å²) in [7, 11) is 0. The second-order valence-corrected chi connectivity index (χ2v) is 3.92. The summed E-state index contributed by atoms with van der Waals surface area (Å²) < 4.78 is 0. The van der Waals surface area contributed by atoms with Gasteiger partial charge in [0.1, 0.15) is 12.2 Å². The zero-order valence-corrected chi connectivity index (χ0v) is 10.5. The Balaban J connectivity index is 2.89. The summed E-state index contributed by atoms with van der Waals surface area (Å²) in [6.45, 7) is 1.78. The fourth-order valence-electron chi connectivity index (χ4n) is 1.51. The van der Waals surface area contributed by atoms with Crippen LogP contribution in [0.2, 0.25) is 0 Å². The normalized spacial score (nSPS) is 9.95. The highest BCUT2D eigenvalue weighted by Crippen LogP contribution is 2.05. The van der Waals surface area contributed by atoms with Gasteiger partial charge in [0, 0.05) is 12.7 Å². The van der Waals surface area contributed by atoms with Gasteiger partial charge in [0.15, 0.2) is 0 Å². The fourth-order valence-corrected chi connectivity index (χ4v) is 1.51. The standard InChI is InChI=1S/C12H15N3O4/c1-2-5-15(7-10(16)17)12(19)9-4-3-8(6-14-9)11(13)18/h3-4,6H,2,5,7H2,1H3,(H2,13,18)(H,16,17). The van der Waals surface area contributed by atoms with Gasteiger partial charge < -0.3 is 15.7 Å². The molecule has 0 fully saturated rings. The molecule has 0 radical (unpaired) electrons. The monoisotopic (exact) mass is 265 g/mol. The van der Waals surface area contributed by atoms with Gasteiger partial charge in [0.05, 0.1) is 5.56 Å². The molecule has 0 saturated carbocycles. The van der Waals surface area contributed by atoms with Crippen LogP contribution in [0.15, 0.2) is 18.3 Å². The smallest absolute Gasteiger partial charge is 0.323 e. The number of aliphatic carboxylic acids is 1. The van der Waals surface area contributed by atoms with Crippen LogP contribution in [0.3, 0.4) is 0 Å². The van der Waals surface area contributed by atoms with Crippen LogP contribution in [0.5, 0.6) is 0 Å². The lowest BCUT2D eigenvalue weighted by Crippen LogP contribution is -2.36. The molecule has 3 N–H and O–H groups in total. The van der Waals surface area contributed by atoms with Crippen molar-refractivity contribution in [3.63, 3.8) is 0 Å². The van der Waals surface area contributed by atoms with Crippen LogP contribution >= 0.6 is 0 Å². The molecule has 19 heavy (non-hydrogen) atoms. The number of rotatable bonds is 6. The zero-order chi connectivity index (χ0) is 14.4. The van der Waals surface area contributed by atoms with Crippen molar-refractivity contribution >= 4 is 17.8 Å². The first-order valence-electron chi connectivity index (χ1n) is 5.72. The van der Waals surface area contributed by atoms with Gasteiger partial charge in [-0.1, -0.05) is 6.92 Å². The molecule has 0 aliphatic rings. The highest BCUT2D eigenvalue weighted by atomic mass is 16.4. The van der Waals surface area contributed by atoms with Gasteiger partial charge >= 0.3 is 5.97 Å². The van der Waals surface area contributed by atoms with Crippen LogP contribution < -0.4 is 5.73 Å². The summed E-state index contributed by atoms with van der Waals surface area (Å²) in [6, 6.07) is 2.74. The molecule has 1 aromatic heterocycles. The van der Waals surface area contributed by atoms with Gasteiger partial charge in [0.2, 0.25) is 5.91 Å². The van der Waals surface area contributed by atoms with Gasteiger partial charge in [-0.25, -0.2) is 0 Å². The van der Waals surface area contributed by atoms with Gasteiger partial charge in [-0.05, 0) is 18.6 Å². The molecule has 0 aliphatic carbocycles. The van der Waals surface area contributed by atoms with Crippen LogP contribution in [0.25, 0.3) is 0 Å². The van der Waals surface area contributed by atoms with E-state index < -0.39 is 17.8 Å². The number of hydrogen-bond acceptors (Lipinski definition) is 4. The molecule has 0 aromatic carbocycles. The Morgan fingerprint density at radius 3 is 2.47 bits per heavy atom. The quantitative estimate of drug-likeness (QED) is 0.758. The third-order valence-corrected chi connectivity index (χ3v) is 2.37. The third-order valence-electron chi connectivity index (χ3n) is 2.37. The fraction of sp³-hybridized carbons (Fsp3) is 0.333. The summed E-state index contributed by atoms with van der Waals surface area (Å²) >= 11 is 0. The Hall–Kier alpha value is -2.44. The molecule has 0 spiro atoms. The summed E-state index contributed by atoms with van der Waals surface area (Å²) in [4.78, 5) is 38.6. The first kappa shape index (κ1) is 14.6. The molecular formula is C12H15N3O4. The highest BCUT2D eigenvalue weighted by Gasteiger charge is 2.19. The Morgan fingerprint density at radius 1 is 1.37 bits per heavy atom. The van der Waals surface area contributed by atoms with E-state index in [0.29, 0.717) is 13.0 Å². The van der Waals surface area contributed by atoms with E-state index in [1.807, 2.05) is 6.92 Å². The highest BCUT2D eigenvalue weighted by molar-refractivity contribution is 5.96. The lowest BCUT2D eigenvalue weighted by molar-refractivity contribution is -0.137. The number of carbonyl (C=O) groups excluding carboxylic acids is 2. The molecule has 1 rings (SSSR count). The predicted octanol–water partition coefficient (Wildman–Crippen LogP) is 0.117. The van der Waals surface area contributed by atoms with Crippen LogP contribution in [0, 0.1) is 0 Å². The van der Waals surface area contributed by atoms with Crippen molar-refractivity contribution in [1.82, 2.24) is 9.88 Å². The molecule has 0 unspecified atom stereocenters. The molecule has 7 nitrogen and oxygen atoms in total. The van der Waals surface area contributed by atoms with E-state index in [2.05, 4.69) is 4.98 Å². The summed E-state index contributed by atoms with van der Waals surface area (Å²) in [5, 5.41) is 8.75. The van der Waals surface area contributed by atoms with Crippen molar-refractivity contribution in [2.24, 2.45) is 5.73 Å². The Kier molecular flexibility index (Phi) is 4.99. The molecule has 102 valence electrons. The molecule has 0 saturated heterocycles. The van der Waals surface area contributed by atoms with Crippen molar-refractivity contribution in [2.75, 3.05) is 13.1 Å². The number of carbonyl (C=O) groups is 3. The minimum atomic E-state index is -1.09. The van der Waals surface area contributed by atoms with E-state index in [1.165, 1.54) is 23.2 Å². The van der Waals surface area contributed by atoms with Crippen LogP contribution in [-0.2, 0) is 4.79 Å². The van der Waals surface area contributed by atoms with Crippen LogP contribution in [-0.4, -0.2) is 45.9 Å². The second kappa shape index (κ2) is 6.48. The zero-order valence-electron chi connectivity index (χ0n) is 10.5. The number of carboxylic acids is 1. The second-order valence-electron chi connectivity index (χ2n) is 3.92. The average molecular weight is 265 g/mol. The summed E-state index contributed by atoms with van der Waals surface area (Å²) in [6.07, 6.45) is 1.83. The maximum absolute atomic E-state index is 12.0. The van der Waals surface area contributed by atoms with E-state index in [0.717, 1.165) is 0 Å².